The first-order chi connectivity index (χ1) is 9.45. The van der Waals surface area contributed by atoms with Gasteiger partial charge in [-0.2, -0.15) is 0 Å². The van der Waals surface area contributed by atoms with Crippen molar-refractivity contribution in [2.24, 2.45) is 5.92 Å². The van der Waals surface area contributed by atoms with E-state index in [0.29, 0.717) is 6.42 Å². The van der Waals surface area contributed by atoms with E-state index in [0.717, 1.165) is 29.8 Å². The smallest absolute Gasteiger partial charge is 0.226 e. The van der Waals surface area contributed by atoms with Crippen LogP contribution in [0, 0.1) is 5.92 Å². The fraction of sp³-hybridized carbons (Fsp3) is 0.500. The average Bonchev–Trinajstić information content (AvgIpc) is 2.87. The predicted octanol–water partition coefficient (Wildman–Crippen LogP) is 3.59. The molecule has 3 nitrogen and oxygen atoms in total. The predicted molar refractivity (Wildman–Crippen MR) is 84.7 cm³/mol. The quantitative estimate of drug-likeness (QED) is 0.622. The van der Waals surface area contributed by atoms with Gasteiger partial charge in [0.05, 0.1) is 4.83 Å². The van der Waals surface area contributed by atoms with Crippen molar-refractivity contribution in [1.82, 2.24) is 0 Å². The van der Waals surface area contributed by atoms with E-state index in [4.69, 9.17) is 0 Å². The Morgan fingerprint density at radius 3 is 2.65 bits per heavy atom. The molecule has 1 aliphatic rings. The molecule has 0 saturated carbocycles. The molecule has 4 heteroatoms. The minimum atomic E-state index is -0.157. The first-order valence-corrected chi connectivity index (χ1v) is 7.98. The van der Waals surface area contributed by atoms with Crippen molar-refractivity contribution in [3.05, 3.63) is 29.3 Å². The van der Waals surface area contributed by atoms with E-state index >= 15 is 0 Å². The Bertz CT molecular complexity index is 539. The number of hydrogen-bond acceptors (Lipinski definition) is 2. The number of ketones is 1. The Kier molecular flexibility index (Phi) is 4.63. The summed E-state index contributed by atoms with van der Waals surface area (Å²) in [5.74, 6) is 0.514. The van der Waals surface area contributed by atoms with Crippen molar-refractivity contribution < 1.29 is 9.59 Å². The third-order valence-electron chi connectivity index (χ3n) is 3.70. The Morgan fingerprint density at radius 1 is 1.35 bits per heavy atom. The molecule has 0 spiro atoms. The van der Waals surface area contributed by atoms with Gasteiger partial charge in [0.2, 0.25) is 5.91 Å². The molecular weight excluding hydrogens is 318 g/mol. The third kappa shape index (κ3) is 2.80. The van der Waals surface area contributed by atoms with E-state index in [9.17, 15) is 9.59 Å². The molecule has 20 heavy (non-hydrogen) atoms. The summed E-state index contributed by atoms with van der Waals surface area (Å²) in [6.45, 7) is 6.64. The van der Waals surface area contributed by atoms with Gasteiger partial charge in [-0.25, -0.2) is 0 Å². The van der Waals surface area contributed by atoms with Gasteiger partial charge < -0.3 is 4.90 Å². The van der Waals surface area contributed by atoms with Gasteiger partial charge in [-0.1, -0.05) is 36.7 Å². The molecule has 1 unspecified atom stereocenters. The van der Waals surface area contributed by atoms with Crippen LogP contribution in [0.3, 0.4) is 0 Å². The normalized spacial score (nSPS) is 15.3. The van der Waals surface area contributed by atoms with E-state index in [2.05, 4.69) is 15.9 Å². The maximum absolute atomic E-state index is 12.3. The van der Waals surface area contributed by atoms with Gasteiger partial charge in [0.15, 0.2) is 5.78 Å². The number of benzene rings is 1. The number of alkyl halides is 1. The lowest BCUT2D eigenvalue weighted by atomic mass is 9.99. The summed E-state index contributed by atoms with van der Waals surface area (Å²) < 4.78 is 0. The van der Waals surface area contributed by atoms with Crippen LogP contribution >= 0.6 is 15.9 Å². The van der Waals surface area contributed by atoms with Gasteiger partial charge in [0, 0.05) is 24.2 Å². The van der Waals surface area contributed by atoms with Gasteiger partial charge in [0.1, 0.15) is 0 Å². The fourth-order valence-electron chi connectivity index (χ4n) is 2.47. The molecule has 1 aromatic rings. The van der Waals surface area contributed by atoms with E-state index in [1.807, 2.05) is 43.9 Å². The molecule has 0 aromatic heterocycles. The Labute approximate surface area is 128 Å². The van der Waals surface area contributed by atoms with Crippen LogP contribution < -0.4 is 4.90 Å². The molecular formula is C16H20BrNO2. The molecule has 108 valence electrons. The summed E-state index contributed by atoms with van der Waals surface area (Å²) in [5, 5.41) is 0. The number of hydrogen-bond donors (Lipinski definition) is 0. The number of Topliss-reactive ketones (excluding diaryl/α,β-unsaturated/α-hetero) is 1. The standard InChI is InChI=1S/C16H20BrNO2/c1-4-14(19)18-8-7-11-9-12(5-6-13(11)18)16(20)15(17)10(2)3/h5-6,9-10,15H,4,7-8H2,1-3H3. The summed E-state index contributed by atoms with van der Waals surface area (Å²) in [6, 6.07) is 5.68. The molecule has 1 atom stereocenters. The van der Waals surface area contributed by atoms with Gasteiger partial charge in [-0.15, -0.1) is 0 Å². The second-order valence-electron chi connectivity index (χ2n) is 5.50. The molecule has 0 saturated heterocycles. The van der Waals surface area contributed by atoms with Gasteiger partial charge in [-0.3, -0.25) is 9.59 Å². The second-order valence-corrected chi connectivity index (χ2v) is 6.49. The second kappa shape index (κ2) is 6.08. The van der Waals surface area contributed by atoms with Crippen LogP contribution in [0.1, 0.15) is 43.1 Å². The summed E-state index contributed by atoms with van der Waals surface area (Å²) in [7, 11) is 0. The van der Waals surface area contributed by atoms with Crippen LogP contribution in [-0.4, -0.2) is 23.1 Å². The van der Waals surface area contributed by atoms with E-state index in [-0.39, 0.29) is 22.4 Å². The number of carbonyl (C=O) groups excluding carboxylic acids is 2. The van der Waals surface area contributed by atoms with Crippen LogP contribution in [0.15, 0.2) is 18.2 Å². The molecule has 2 rings (SSSR count). The monoisotopic (exact) mass is 337 g/mol. The van der Waals surface area contributed by atoms with Crippen molar-refractivity contribution in [3.63, 3.8) is 0 Å². The summed E-state index contributed by atoms with van der Waals surface area (Å²) >= 11 is 3.46. The Balaban J connectivity index is 2.26. The highest BCUT2D eigenvalue weighted by Gasteiger charge is 2.26. The van der Waals surface area contributed by atoms with Crippen LogP contribution in [0.5, 0.6) is 0 Å². The highest BCUT2D eigenvalue weighted by molar-refractivity contribution is 9.10. The first kappa shape index (κ1) is 15.2. The van der Waals surface area contributed by atoms with Crippen LogP contribution in [0.2, 0.25) is 0 Å². The zero-order valence-corrected chi connectivity index (χ0v) is 13.7. The minimum absolute atomic E-state index is 0.114. The molecule has 0 fully saturated rings. The Morgan fingerprint density at radius 2 is 2.05 bits per heavy atom. The molecule has 1 aromatic carbocycles. The van der Waals surface area contributed by atoms with E-state index in [1.165, 1.54) is 0 Å². The molecule has 0 N–H and O–H groups in total. The molecule has 0 radical (unpaired) electrons. The molecule has 1 aliphatic heterocycles. The summed E-state index contributed by atoms with van der Waals surface area (Å²) in [6.07, 6.45) is 1.34. The lowest BCUT2D eigenvalue weighted by Gasteiger charge is -2.17. The average molecular weight is 338 g/mol. The number of nitrogens with zero attached hydrogens (tertiary/aromatic N) is 1. The van der Waals surface area contributed by atoms with Gasteiger partial charge >= 0.3 is 0 Å². The number of amides is 1. The maximum atomic E-state index is 12.3. The van der Waals surface area contributed by atoms with E-state index in [1.54, 1.807) is 0 Å². The van der Waals surface area contributed by atoms with Crippen LogP contribution in [-0.2, 0) is 11.2 Å². The lowest BCUT2D eigenvalue weighted by Crippen LogP contribution is -2.27. The number of carbonyl (C=O) groups is 2. The zero-order valence-electron chi connectivity index (χ0n) is 12.1. The van der Waals surface area contributed by atoms with Crippen molar-refractivity contribution in [3.8, 4) is 0 Å². The number of halogens is 1. The summed E-state index contributed by atoms with van der Waals surface area (Å²) in [5.41, 5.74) is 2.79. The molecule has 1 amide bonds. The van der Waals surface area contributed by atoms with Crippen molar-refractivity contribution in [2.45, 2.75) is 38.4 Å². The highest BCUT2D eigenvalue weighted by atomic mass is 79.9. The zero-order chi connectivity index (χ0) is 14.9. The van der Waals surface area contributed by atoms with Crippen molar-refractivity contribution in [1.29, 1.82) is 0 Å². The van der Waals surface area contributed by atoms with Crippen LogP contribution in [0.25, 0.3) is 0 Å². The topological polar surface area (TPSA) is 37.4 Å². The SMILES string of the molecule is CCC(=O)N1CCc2cc(C(=O)C(Br)C(C)C)ccc21. The fourth-order valence-corrected chi connectivity index (χ4v) is 2.73. The number of anilines is 1. The van der Waals surface area contributed by atoms with E-state index < -0.39 is 0 Å². The van der Waals surface area contributed by atoms with Gasteiger partial charge in [0.25, 0.3) is 0 Å². The van der Waals surface area contributed by atoms with Crippen molar-refractivity contribution in [2.75, 3.05) is 11.4 Å². The summed E-state index contributed by atoms with van der Waals surface area (Å²) in [4.78, 5) is 25.8. The molecule has 0 bridgehead atoms. The highest BCUT2D eigenvalue weighted by Crippen LogP contribution is 2.30. The number of rotatable bonds is 4. The van der Waals surface area contributed by atoms with Gasteiger partial charge in [-0.05, 0) is 36.1 Å². The van der Waals surface area contributed by atoms with Crippen LogP contribution in [0.4, 0.5) is 5.69 Å². The van der Waals surface area contributed by atoms with Crippen molar-refractivity contribution >= 4 is 33.3 Å². The largest absolute Gasteiger partial charge is 0.312 e. The maximum Gasteiger partial charge on any atom is 0.226 e. The third-order valence-corrected chi connectivity index (χ3v) is 5.17. The molecule has 0 aliphatic carbocycles. The minimum Gasteiger partial charge on any atom is -0.312 e. The lowest BCUT2D eigenvalue weighted by molar-refractivity contribution is -0.118. The number of fused-ring (bicyclic) bond motifs is 1. The Hall–Kier alpha value is -1.16. The first-order valence-electron chi connectivity index (χ1n) is 7.07. The molecule has 1 heterocycles.